The summed E-state index contributed by atoms with van der Waals surface area (Å²) in [6.07, 6.45) is 2.26. The van der Waals surface area contributed by atoms with Crippen molar-refractivity contribution >= 4 is 10.1 Å². The molecule has 0 amide bonds. The molecule has 0 bridgehead atoms. The largest absolute Gasteiger partial charge is 0.741 e. The van der Waals surface area contributed by atoms with Crippen molar-refractivity contribution in [3.05, 3.63) is 66.8 Å². The van der Waals surface area contributed by atoms with Gasteiger partial charge in [-0.3, -0.25) is 0 Å². The van der Waals surface area contributed by atoms with Gasteiger partial charge in [-0.1, -0.05) is 38.1 Å². The van der Waals surface area contributed by atoms with Crippen molar-refractivity contribution in [3.8, 4) is 0 Å². The number of rotatable bonds is 4. The van der Waals surface area contributed by atoms with Crippen LogP contribution in [0.2, 0.25) is 0 Å². The molecule has 0 atom stereocenters. The molecule has 0 saturated heterocycles. The number of hydrogen-bond donors (Lipinski definition) is 0. The fraction of sp³-hybridized carbons (Fsp3) is 0.294. The lowest BCUT2D eigenvalue weighted by atomic mass is 10.2. The SMILES string of the molecule is CCc1ccc([I+]c2ccc(CC)cc2)cc1.O=S(=O)([O-])C(F)(F)F. The lowest BCUT2D eigenvalue weighted by molar-refractivity contribution is -0.597. The molecule has 0 N–H and O–H groups in total. The van der Waals surface area contributed by atoms with Crippen LogP contribution in [-0.2, 0) is 23.0 Å². The molecular weight excluding hydrogens is 468 g/mol. The van der Waals surface area contributed by atoms with Crippen molar-refractivity contribution in [1.82, 2.24) is 0 Å². The average Bonchev–Trinajstić information content (AvgIpc) is 2.55. The van der Waals surface area contributed by atoms with Crippen LogP contribution >= 0.6 is 0 Å². The summed E-state index contributed by atoms with van der Waals surface area (Å²) in [6, 6.07) is 18.2. The van der Waals surface area contributed by atoms with Gasteiger partial charge in [-0.15, -0.1) is 0 Å². The number of benzene rings is 2. The van der Waals surface area contributed by atoms with Gasteiger partial charge < -0.3 is 4.55 Å². The Balaban J connectivity index is 0.000000333. The molecule has 0 radical (unpaired) electrons. The highest BCUT2D eigenvalue weighted by molar-refractivity contribution is 7.86. The molecule has 0 heterocycles. The molecule has 0 aromatic heterocycles. The minimum atomic E-state index is -6.09. The van der Waals surface area contributed by atoms with Crippen LogP contribution in [0.1, 0.15) is 25.0 Å². The zero-order chi connectivity index (χ0) is 19.1. The molecule has 25 heavy (non-hydrogen) atoms. The van der Waals surface area contributed by atoms with Gasteiger partial charge in [0.05, 0.1) is 0 Å². The monoisotopic (exact) mass is 486 g/mol. The van der Waals surface area contributed by atoms with E-state index in [9.17, 15) is 13.2 Å². The summed E-state index contributed by atoms with van der Waals surface area (Å²) in [5.41, 5.74) is -2.79. The number of aryl methyl sites for hydroxylation is 2. The van der Waals surface area contributed by atoms with E-state index < -0.39 is 15.6 Å². The zero-order valence-electron chi connectivity index (χ0n) is 13.7. The molecule has 2 aromatic carbocycles. The van der Waals surface area contributed by atoms with E-state index in [2.05, 4.69) is 62.4 Å². The maximum atomic E-state index is 10.7. The van der Waals surface area contributed by atoms with Crippen LogP contribution in [0.15, 0.2) is 48.5 Å². The van der Waals surface area contributed by atoms with Crippen LogP contribution < -0.4 is 21.2 Å². The summed E-state index contributed by atoms with van der Waals surface area (Å²) in [6.45, 7) is 4.40. The van der Waals surface area contributed by atoms with Crippen molar-refractivity contribution in [3.63, 3.8) is 0 Å². The van der Waals surface area contributed by atoms with E-state index in [0.29, 0.717) is 0 Å². The van der Waals surface area contributed by atoms with E-state index >= 15 is 0 Å². The second-order valence-corrected chi connectivity index (χ2v) is 9.36. The first-order valence-electron chi connectivity index (χ1n) is 7.41. The Labute approximate surface area is 156 Å². The summed E-state index contributed by atoms with van der Waals surface area (Å²) in [7, 11) is -6.09. The Morgan fingerprint density at radius 1 is 0.840 bits per heavy atom. The van der Waals surface area contributed by atoms with Crippen LogP contribution in [0.4, 0.5) is 13.2 Å². The highest BCUT2D eigenvalue weighted by Gasteiger charge is 2.36. The van der Waals surface area contributed by atoms with Crippen molar-refractivity contribution < 1.29 is 47.3 Å². The highest BCUT2D eigenvalue weighted by atomic mass is 127. The van der Waals surface area contributed by atoms with Crippen LogP contribution in [0, 0.1) is 7.14 Å². The van der Waals surface area contributed by atoms with Gasteiger partial charge in [0.1, 0.15) is 0 Å². The smallest absolute Gasteiger partial charge is 0.485 e. The van der Waals surface area contributed by atoms with Crippen LogP contribution in [-0.4, -0.2) is 18.5 Å². The van der Waals surface area contributed by atoms with Crippen molar-refractivity contribution in [2.75, 3.05) is 0 Å². The first-order chi connectivity index (χ1) is 11.6. The van der Waals surface area contributed by atoms with E-state index in [1.807, 2.05) is 0 Å². The van der Waals surface area contributed by atoms with E-state index in [0.717, 1.165) is 12.8 Å². The van der Waals surface area contributed by atoms with Gasteiger partial charge in [0.15, 0.2) is 17.3 Å². The Bertz CT molecular complexity index is 710. The van der Waals surface area contributed by atoms with Crippen molar-refractivity contribution in [1.29, 1.82) is 0 Å². The normalized spacial score (nSPS) is 11.6. The summed E-state index contributed by atoms with van der Waals surface area (Å²) in [5, 5.41) is 0. The second kappa shape index (κ2) is 9.54. The standard InChI is InChI=1S/C16H18I.CHF3O3S/c1-3-13-5-9-15(10-6-13)17-16-11-7-14(4-2)8-12-16;2-1(3,4)8(5,6)7/h5-12H,3-4H2,1-2H3;(H,5,6,7)/q+1;/p-1. The third-order valence-corrected chi connectivity index (χ3v) is 6.40. The topological polar surface area (TPSA) is 57.2 Å². The molecule has 2 rings (SSSR count). The molecule has 0 aliphatic heterocycles. The second-order valence-electron chi connectivity index (χ2n) is 4.95. The van der Waals surface area contributed by atoms with Gasteiger partial charge in [-0.2, -0.15) is 13.2 Å². The summed E-state index contributed by atoms with van der Waals surface area (Å²) >= 11 is -0.00746. The van der Waals surface area contributed by atoms with Crippen molar-refractivity contribution in [2.45, 2.75) is 32.2 Å². The average molecular weight is 486 g/mol. The van der Waals surface area contributed by atoms with Crippen molar-refractivity contribution in [2.24, 2.45) is 0 Å². The predicted molar refractivity (Wildman–Crippen MR) is 84.8 cm³/mol. The Hall–Kier alpha value is -1.13. The van der Waals surface area contributed by atoms with Crippen LogP contribution in [0.25, 0.3) is 0 Å². The van der Waals surface area contributed by atoms with E-state index in [4.69, 9.17) is 13.0 Å². The number of alkyl halides is 3. The van der Waals surface area contributed by atoms with E-state index in [1.54, 1.807) is 0 Å². The Kier molecular flexibility index (Phi) is 8.36. The Morgan fingerprint density at radius 2 is 1.12 bits per heavy atom. The lowest BCUT2D eigenvalue weighted by Crippen LogP contribution is -3.61. The first-order valence-corrected chi connectivity index (χ1v) is 11.0. The molecule has 8 heteroatoms. The van der Waals surface area contributed by atoms with E-state index in [1.165, 1.54) is 18.3 Å². The summed E-state index contributed by atoms with van der Waals surface area (Å²) in [4.78, 5) is 0. The highest BCUT2D eigenvalue weighted by Crippen LogP contribution is 2.20. The van der Waals surface area contributed by atoms with Gasteiger partial charge in [0.25, 0.3) is 0 Å². The molecule has 2 aromatic rings. The van der Waals surface area contributed by atoms with E-state index in [-0.39, 0.29) is 21.2 Å². The third kappa shape index (κ3) is 7.74. The maximum absolute atomic E-state index is 10.7. The van der Waals surface area contributed by atoms with Gasteiger partial charge in [0, 0.05) is 0 Å². The third-order valence-electron chi connectivity index (χ3n) is 3.14. The first kappa shape index (κ1) is 21.9. The molecule has 0 saturated carbocycles. The summed E-state index contributed by atoms with van der Waals surface area (Å²) in [5.74, 6) is 0. The fourth-order valence-corrected chi connectivity index (χ4v) is 3.85. The van der Waals surface area contributed by atoms with Gasteiger partial charge in [-0.05, 0) is 48.2 Å². The lowest BCUT2D eigenvalue weighted by Gasteiger charge is -2.08. The predicted octanol–water partition coefficient (Wildman–Crippen LogP) is 0.991. The quantitative estimate of drug-likeness (QED) is 0.368. The molecule has 0 aliphatic carbocycles. The Morgan fingerprint density at radius 3 is 1.32 bits per heavy atom. The minimum absolute atomic E-state index is 0.00746. The molecule has 0 fully saturated rings. The summed E-state index contributed by atoms with van der Waals surface area (Å²) < 4.78 is 61.9. The molecule has 0 aliphatic rings. The maximum Gasteiger partial charge on any atom is 0.485 e. The number of hydrogen-bond acceptors (Lipinski definition) is 3. The molecule has 0 spiro atoms. The van der Waals surface area contributed by atoms with Gasteiger partial charge >= 0.3 is 26.7 Å². The fourth-order valence-electron chi connectivity index (χ4n) is 1.69. The molecule has 0 unspecified atom stereocenters. The molecule has 138 valence electrons. The van der Waals surface area contributed by atoms with Gasteiger partial charge in [-0.25, -0.2) is 8.42 Å². The zero-order valence-corrected chi connectivity index (χ0v) is 16.7. The molecule has 3 nitrogen and oxygen atoms in total. The van der Waals surface area contributed by atoms with Crippen LogP contribution in [0.5, 0.6) is 0 Å². The number of halogens is 4. The molecular formula is C17H18F3IO3S. The minimum Gasteiger partial charge on any atom is -0.741 e. The van der Waals surface area contributed by atoms with Crippen LogP contribution in [0.3, 0.4) is 0 Å². The van der Waals surface area contributed by atoms with Gasteiger partial charge in [0.2, 0.25) is 0 Å².